The summed E-state index contributed by atoms with van der Waals surface area (Å²) in [7, 11) is 4.31. The molecule has 2 unspecified atom stereocenters. The van der Waals surface area contributed by atoms with Crippen molar-refractivity contribution >= 4 is 11.6 Å². The first-order chi connectivity index (χ1) is 10.0. The molecule has 0 bridgehead atoms. The molecule has 21 heavy (non-hydrogen) atoms. The van der Waals surface area contributed by atoms with Gasteiger partial charge in [-0.2, -0.15) is 0 Å². The third kappa shape index (κ3) is 2.70. The number of aromatic nitrogens is 2. The molecule has 3 N–H and O–H groups in total. The second-order valence-electron chi connectivity index (χ2n) is 6.71. The molecule has 2 atom stereocenters. The molecule has 116 valence electrons. The summed E-state index contributed by atoms with van der Waals surface area (Å²) in [6, 6.07) is 0.568. The second kappa shape index (κ2) is 5.42. The summed E-state index contributed by atoms with van der Waals surface area (Å²) in [6.45, 7) is 6.41. The molecule has 3 rings (SSSR count). The van der Waals surface area contributed by atoms with Crippen molar-refractivity contribution in [3.8, 4) is 0 Å². The molecule has 0 spiro atoms. The summed E-state index contributed by atoms with van der Waals surface area (Å²) in [5.74, 6) is 9.57. The Hall–Kier alpha value is -1.40. The van der Waals surface area contributed by atoms with Crippen LogP contribution >= 0.6 is 0 Å². The highest BCUT2D eigenvalue weighted by atomic mass is 15.3. The predicted octanol–water partition coefficient (Wildman–Crippen LogP) is 1.33. The highest BCUT2D eigenvalue weighted by molar-refractivity contribution is 5.59. The fraction of sp³-hybridized carbons (Fsp3) is 0.733. The number of nitrogens with one attached hydrogen (secondary N) is 1. The summed E-state index contributed by atoms with van der Waals surface area (Å²) >= 11 is 0. The van der Waals surface area contributed by atoms with E-state index in [0.29, 0.717) is 17.9 Å². The number of hydrogen-bond donors (Lipinski definition) is 2. The number of nitrogen functional groups attached to an aromatic ring is 1. The van der Waals surface area contributed by atoms with Gasteiger partial charge in [-0.25, -0.2) is 15.8 Å². The van der Waals surface area contributed by atoms with Gasteiger partial charge in [0, 0.05) is 30.6 Å². The lowest BCUT2D eigenvalue weighted by Crippen LogP contribution is -2.34. The Bertz CT molecular complexity index is 525. The predicted molar refractivity (Wildman–Crippen MR) is 85.4 cm³/mol. The fourth-order valence-electron chi connectivity index (χ4n) is 3.29. The molecule has 2 fully saturated rings. The van der Waals surface area contributed by atoms with Gasteiger partial charge in [-0.05, 0) is 39.8 Å². The van der Waals surface area contributed by atoms with E-state index in [1.165, 1.54) is 12.8 Å². The van der Waals surface area contributed by atoms with E-state index in [1.807, 2.05) is 0 Å². The fourth-order valence-corrected chi connectivity index (χ4v) is 3.29. The van der Waals surface area contributed by atoms with Gasteiger partial charge < -0.3 is 15.2 Å². The first kappa shape index (κ1) is 14.5. The van der Waals surface area contributed by atoms with E-state index >= 15 is 0 Å². The van der Waals surface area contributed by atoms with E-state index in [-0.39, 0.29) is 0 Å². The summed E-state index contributed by atoms with van der Waals surface area (Å²) in [5, 5.41) is 0. The third-order valence-corrected chi connectivity index (χ3v) is 4.75. The Morgan fingerprint density at radius 3 is 2.48 bits per heavy atom. The van der Waals surface area contributed by atoms with Gasteiger partial charge in [-0.1, -0.05) is 6.92 Å². The molecule has 2 aliphatic rings. The van der Waals surface area contributed by atoms with Crippen molar-refractivity contribution in [2.45, 2.75) is 38.6 Å². The molecule has 1 aliphatic heterocycles. The Kier molecular flexibility index (Phi) is 3.75. The molecule has 1 aliphatic carbocycles. The van der Waals surface area contributed by atoms with E-state index in [0.717, 1.165) is 36.1 Å². The number of nitrogens with zero attached hydrogens (tertiary/aromatic N) is 4. The number of hydrazine groups is 1. The number of rotatable bonds is 4. The van der Waals surface area contributed by atoms with E-state index in [4.69, 9.17) is 10.8 Å². The van der Waals surface area contributed by atoms with Crippen LogP contribution in [-0.2, 0) is 0 Å². The van der Waals surface area contributed by atoms with Crippen LogP contribution in [0.15, 0.2) is 0 Å². The summed E-state index contributed by atoms with van der Waals surface area (Å²) in [5.41, 5.74) is 3.79. The minimum Gasteiger partial charge on any atom is -0.354 e. The van der Waals surface area contributed by atoms with Crippen molar-refractivity contribution in [3.05, 3.63) is 11.4 Å². The lowest BCUT2D eigenvalue weighted by atomic mass is 10.1. The smallest absolute Gasteiger partial charge is 0.148 e. The standard InChI is InChI=1S/C15H26N6/c1-9-7-21(8-12(9)20(3)4)15-10(2)13(19-16)17-14(18-15)11-5-6-11/h9,11-12H,5-8,16H2,1-4H3,(H,17,18,19). The average Bonchev–Trinajstić information content (AvgIpc) is 3.21. The Morgan fingerprint density at radius 2 is 1.95 bits per heavy atom. The molecule has 1 aromatic heterocycles. The van der Waals surface area contributed by atoms with Crippen molar-refractivity contribution in [1.82, 2.24) is 14.9 Å². The zero-order valence-electron chi connectivity index (χ0n) is 13.4. The summed E-state index contributed by atoms with van der Waals surface area (Å²) < 4.78 is 0. The van der Waals surface area contributed by atoms with Gasteiger partial charge in [0.1, 0.15) is 17.5 Å². The maximum Gasteiger partial charge on any atom is 0.148 e. The second-order valence-corrected chi connectivity index (χ2v) is 6.71. The van der Waals surface area contributed by atoms with Gasteiger partial charge in [-0.15, -0.1) is 0 Å². The number of nitrogens with two attached hydrogens (primary N) is 1. The zero-order chi connectivity index (χ0) is 15.1. The molecular weight excluding hydrogens is 264 g/mol. The largest absolute Gasteiger partial charge is 0.354 e. The van der Waals surface area contributed by atoms with Gasteiger partial charge in [0.25, 0.3) is 0 Å². The monoisotopic (exact) mass is 290 g/mol. The highest BCUT2D eigenvalue weighted by Crippen LogP contribution is 2.40. The van der Waals surface area contributed by atoms with Crippen LogP contribution < -0.4 is 16.2 Å². The van der Waals surface area contributed by atoms with E-state index in [9.17, 15) is 0 Å². The molecule has 0 radical (unpaired) electrons. The van der Waals surface area contributed by atoms with Crippen LogP contribution in [-0.4, -0.2) is 48.1 Å². The number of anilines is 2. The van der Waals surface area contributed by atoms with Crippen molar-refractivity contribution in [1.29, 1.82) is 0 Å². The van der Waals surface area contributed by atoms with Crippen LogP contribution in [0, 0.1) is 12.8 Å². The van der Waals surface area contributed by atoms with Gasteiger partial charge >= 0.3 is 0 Å². The van der Waals surface area contributed by atoms with Gasteiger partial charge in [0.05, 0.1) is 0 Å². The average molecular weight is 290 g/mol. The SMILES string of the molecule is Cc1c(NN)nc(C2CC2)nc1N1CC(C)C(N(C)C)C1. The number of likely N-dealkylation sites (N-methyl/N-ethyl adjacent to an activating group) is 1. The highest BCUT2D eigenvalue weighted by Gasteiger charge is 2.34. The van der Waals surface area contributed by atoms with Crippen LogP contribution in [0.3, 0.4) is 0 Å². The normalized spacial score (nSPS) is 25.7. The lowest BCUT2D eigenvalue weighted by Gasteiger charge is -2.24. The molecule has 0 amide bonds. The van der Waals surface area contributed by atoms with Gasteiger partial charge in [-0.3, -0.25) is 0 Å². The van der Waals surface area contributed by atoms with Crippen LogP contribution in [0.1, 0.15) is 37.1 Å². The van der Waals surface area contributed by atoms with Crippen LogP contribution in [0.4, 0.5) is 11.6 Å². The van der Waals surface area contributed by atoms with Gasteiger partial charge in [0.15, 0.2) is 0 Å². The van der Waals surface area contributed by atoms with Crippen molar-refractivity contribution < 1.29 is 0 Å². The van der Waals surface area contributed by atoms with E-state index < -0.39 is 0 Å². The lowest BCUT2D eigenvalue weighted by molar-refractivity contribution is 0.266. The zero-order valence-corrected chi connectivity index (χ0v) is 13.4. The van der Waals surface area contributed by atoms with Crippen LogP contribution in [0.25, 0.3) is 0 Å². The number of hydrogen-bond acceptors (Lipinski definition) is 6. The molecule has 0 aromatic carbocycles. The maximum atomic E-state index is 5.64. The Balaban J connectivity index is 1.92. The molecule has 2 heterocycles. The van der Waals surface area contributed by atoms with Crippen LogP contribution in [0.5, 0.6) is 0 Å². The molecule has 1 saturated heterocycles. The van der Waals surface area contributed by atoms with Crippen molar-refractivity contribution in [2.24, 2.45) is 11.8 Å². The van der Waals surface area contributed by atoms with Crippen LogP contribution in [0.2, 0.25) is 0 Å². The third-order valence-electron chi connectivity index (χ3n) is 4.75. The molecular formula is C15H26N6. The summed E-state index contributed by atoms with van der Waals surface area (Å²) in [6.07, 6.45) is 2.40. The molecule has 6 nitrogen and oxygen atoms in total. The first-order valence-electron chi connectivity index (χ1n) is 7.77. The minimum absolute atomic E-state index is 0.529. The van der Waals surface area contributed by atoms with Gasteiger partial charge in [0.2, 0.25) is 0 Å². The minimum atomic E-state index is 0.529. The quantitative estimate of drug-likeness (QED) is 0.644. The summed E-state index contributed by atoms with van der Waals surface area (Å²) in [4.78, 5) is 14.1. The van der Waals surface area contributed by atoms with E-state index in [2.05, 4.69) is 48.2 Å². The molecule has 6 heteroatoms. The molecule has 1 aromatic rings. The van der Waals surface area contributed by atoms with Crippen molar-refractivity contribution in [3.63, 3.8) is 0 Å². The molecule has 1 saturated carbocycles. The Morgan fingerprint density at radius 1 is 1.24 bits per heavy atom. The van der Waals surface area contributed by atoms with Crippen molar-refractivity contribution in [2.75, 3.05) is 37.5 Å². The topological polar surface area (TPSA) is 70.3 Å². The first-order valence-corrected chi connectivity index (χ1v) is 7.77. The maximum absolute atomic E-state index is 5.64. The van der Waals surface area contributed by atoms with E-state index in [1.54, 1.807) is 0 Å². The Labute approximate surface area is 126 Å².